The van der Waals surface area contributed by atoms with Crippen molar-refractivity contribution in [2.24, 2.45) is 0 Å². The molecule has 1 aliphatic heterocycles. The van der Waals surface area contributed by atoms with Gasteiger partial charge in [0.05, 0.1) is 34.0 Å². The van der Waals surface area contributed by atoms with E-state index in [1.165, 1.54) is 32.2 Å². The molecule has 17 nitrogen and oxygen atoms in total. The third-order valence-electron chi connectivity index (χ3n) is 10.4. The molecule has 0 radical (unpaired) electrons. The van der Waals surface area contributed by atoms with Crippen molar-refractivity contribution in [1.29, 1.82) is 0 Å². The van der Waals surface area contributed by atoms with E-state index in [9.17, 15) is 53.7 Å². The Hall–Kier alpha value is -6.72. The van der Waals surface area contributed by atoms with E-state index in [4.69, 9.17) is 11.2 Å². The van der Waals surface area contributed by atoms with E-state index in [1.807, 2.05) is 0 Å². The summed E-state index contributed by atoms with van der Waals surface area (Å²) in [6.07, 6.45) is -0.680. The number of ether oxygens (including phenoxy) is 2. The molecule has 0 bridgehead atoms. The molecule has 304 valence electrons. The molecule has 1 aliphatic rings. The third-order valence-corrected chi connectivity index (χ3v) is 10.4. The Morgan fingerprint density at radius 3 is 1.95 bits per heavy atom. The Labute approximate surface area is 329 Å². The molecule has 6 aromatic rings. The van der Waals surface area contributed by atoms with Crippen molar-refractivity contribution in [3.8, 4) is 23.0 Å². The highest BCUT2D eigenvalue weighted by Crippen LogP contribution is 2.52. The van der Waals surface area contributed by atoms with Crippen molar-refractivity contribution in [3.63, 3.8) is 0 Å². The zero-order valence-electron chi connectivity index (χ0n) is 33.5. The van der Waals surface area contributed by atoms with Crippen LogP contribution in [-0.4, -0.2) is 95.0 Å². The van der Waals surface area contributed by atoms with Gasteiger partial charge in [0.25, 0.3) is 5.56 Å². The van der Waals surface area contributed by atoms with Gasteiger partial charge >= 0.3 is 0 Å². The number of benzene rings is 5. The maximum Gasteiger partial charge on any atom is 0.263 e. The zero-order chi connectivity index (χ0) is 43.9. The highest BCUT2D eigenvalue weighted by Gasteiger charge is 2.35. The number of aliphatic hydroxyl groups excluding tert-OH is 1. The fourth-order valence-electron chi connectivity index (χ4n) is 7.47. The predicted octanol–water partition coefficient (Wildman–Crippen LogP) is 1.36. The van der Waals surface area contributed by atoms with Crippen molar-refractivity contribution < 1.29 is 45.7 Å². The number of hydrogen-bond donors (Lipinski definition) is 5. The Morgan fingerprint density at radius 2 is 1.40 bits per heavy atom. The van der Waals surface area contributed by atoms with Crippen molar-refractivity contribution in [2.75, 3.05) is 35.0 Å². The minimum Gasteiger partial charge on any atom is -0.506 e. The molecular formula is C41H41N3O14. The molecule has 0 aliphatic carbocycles. The van der Waals surface area contributed by atoms with Crippen LogP contribution in [-0.2, 0) is 25.7 Å². The van der Waals surface area contributed by atoms with Crippen LogP contribution >= 0.6 is 0 Å². The van der Waals surface area contributed by atoms with Gasteiger partial charge in [-0.25, -0.2) is 0 Å². The van der Waals surface area contributed by atoms with Crippen molar-refractivity contribution >= 4 is 71.9 Å². The smallest absolute Gasteiger partial charge is 0.263 e. The summed E-state index contributed by atoms with van der Waals surface area (Å²) in [6.45, 7) is 3.93. The number of aromatic nitrogens is 1. The summed E-state index contributed by atoms with van der Waals surface area (Å²) in [6, 6.07) is 3.38. The number of piperazine rings is 1. The van der Waals surface area contributed by atoms with Gasteiger partial charge in [0.15, 0.2) is 16.3 Å². The SMILES string of the molecule is CO.COC.[2H]C(=O)C1CN(C(=O)Cn2c(C(C)CC)cc3c(=O)c4ccc5c(OC)c6c(O)c7c(=O)ccc(=O)c7c(O)c6c(O)c5c4c(=O)c3c2=O)C(C)C(=O)N1. The number of aromatic hydroxyl groups is 3. The molecule has 17 heteroatoms. The molecule has 58 heavy (non-hydrogen) atoms. The van der Waals surface area contributed by atoms with Crippen LogP contribution in [0.25, 0.3) is 53.9 Å². The summed E-state index contributed by atoms with van der Waals surface area (Å²) in [5, 5.41) is 39.8. The lowest BCUT2D eigenvalue weighted by molar-refractivity contribution is -0.145. The summed E-state index contributed by atoms with van der Waals surface area (Å²) in [5.74, 6) is -4.67. The molecule has 2 heterocycles. The number of phenolic OH excluding ortho intramolecular Hbond substituents is 3. The molecule has 1 fully saturated rings. The summed E-state index contributed by atoms with van der Waals surface area (Å²) in [5.41, 5.74) is -4.28. The number of carbonyl (C=O) groups excluding carboxylic acids is 3. The monoisotopic (exact) mass is 800 g/mol. The number of nitrogens with one attached hydrogen (secondary N) is 1. The number of nitrogens with zero attached hydrogens (tertiary/aromatic N) is 2. The van der Waals surface area contributed by atoms with Crippen LogP contribution in [0, 0.1) is 0 Å². The van der Waals surface area contributed by atoms with Gasteiger partial charge in [-0.3, -0.25) is 33.6 Å². The Morgan fingerprint density at radius 1 is 0.845 bits per heavy atom. The van der Waals surface area contributed by atoms with Crippen LogP contribution in [0.2, 0.25) is 0 Å². The first-order valence-electron chi connectivity index (χ1n) is 18.3. The average molecular weight is 801 g/mol. The Kier molecular flexibility index (Phi) is 11.6. The summed E-state index contributed by atoms with van der Waals surface area (Å²) in [7, 11) is 5.43. The quantitative estimate of drug-likeness (QED) is 0.0690. The van der Waals surface area contributed by atoms with Crippen LogP contribution in [0.1, 0.15) is 40.2 Å². The van der Waals surface area contributed by atoms with Gasteiger partial charge in [-0.2, -0.15) is 0 Å². The van der Waals surface area contributed by atoms with E-state index in [0.717, 1.165) is 28.7 Å². The minimum atomic E-state index is -1.29. The first kappa shape index (κ1) is 40.9. The molecule has 1 saturated heterocycles. The molecule has 0 spiro atoms. The van der Waals surface area contributed by atoms with E-state index in [1.54, 1.807) is 28.1 Å². The zero-order valence-corrected chi connectivity index (χ0v) is 32.5. The normalized spacial score (nSPS) is 16.0. The number of phenols is 3. The molecular weight excluding hydrogens is 758 g/mol. The van der Waals surface area contributed by atoms with E-state index >= 15 is 0 Å². The molecule has 5 aromatic carbocycles. The maximum absolute atomic E-state index is 14.6. The van der Waals surface area contributed by atoms with E-state index in [2.05, 4.69) is 10.1 Å². The van der Waals surface area contributed by atoms with E-state index in [0.29, 0.717) is 6.42 Å². The molecule has 0 saturated carbocycles. The third kappa shape index (κ3) is 6.47. The van der Waals surface area contributed by atoms with Crippen molar-refractivity contribution in [2.45, 2.75) is 51.7 Å². The van der Waals surface area contributed by atoms with Crippen molar-refractivity contribution in [3.05, 3.63) is 87.3 Å². The first-order chi connectivity index (χ1) is 28.0. The van der Waals surface area contributed by atoms with Crippen molar-refractivity contribution in [1.82, 2.24) is 14.8 Å². The molecule has 2 amide bonds. The van der Waals surface area contributed by atoms with Gasteiger partial charge in [-0.05, 0) is 49.6 Å². The molecule has 3 atom stereocenters. The fourth-order valence-corrected chi connectivity index (χ4v) is 7.47. The average Bonchev–Trinajstić information content (AvgIpc) is 3.21. The topological polar surface area (TPSA) is 256 Å². The lowest BCUT2D eigenvalue weighted by Gasteiger charge is -2.36. The number of aldehydes is 1. The van der Waals surface area contributed by atoms with Crippen LogP contribution in [0.3, 0.4) is 0 Å². The second-order valence-electron chi connectivity index (χ2n) is 13.6. The number of hydrogen-bond acceptors (Lipinski definition) is 14. The van der Waals surface area contributed by atoms with Gasteiger partial charge in [0.1, 0.15) is 49.3 Å². The number of fused-ring (bicyclic) bond motifs is 6. The number of rotatable bonds is 6. The van der Waals surface area contributed by atoms with Crippen LogP contribution in [0.4, 0.5) is 0 Å². The van der Waals surface area contributed by atoms with Gasteiger partial charge in [-0.15, -0.1) is 0 Å². The van der Waals surface area contributed by atoms with Crippen LogP contribution < -0.4 is 37.3 Å². The predicted molar refractivity (Wildman–Crippen MR) is 216 cm³/mol. The number of amides is 2. The lowest BCUT2D eigenvalue weighted by Crippen LogP contribution is -2.61. The van der Waals surface area contributed by atoms with Gasteiger partial charge < -0.3 is 49.5 Å². The number of aliphatic hydroxyl groups is 1. The molecule has 3 unspecified atom stereocenters. The number of pyridine rings is 1. The molecule has 7 rings (SSSR count). The van der Waals surface area contributed by atoms with E-state index < -0.39 is 114 Å². The second kappa shape index (κ2) is 16.4. The Balaban J connectivity index is 0.00000127. The minimum absolute atomic E-state index is 0.0618. The van der Waals surface area contributed by atoms with Gasteiger partial charge in [0.2, 0.25) is 17.2 Å². The largest absolute Gasteiger partial charge is 0.506 e. The lowest BCUT2D eigenvalue weighted by atomic mass is 9.91. The first-order valence-corrected chi connectivity index (χ1v) is 17.8. The highest BCUT2D eigenvalue weighted by atomic mass is 16.5. The standard InChI is InChI=1S/C38H31N3O12.C2H6O.CH4O/c1-5-14(2)20-10-19-26(38(52)41(20)12-23(45)40-11-16(13-42)39-37(51)15(40)3)32(47)24-17(31(19)46)6-7-18-25(24)33(48)29-30(36(18)53-4)35(50)28-22(44)9-8-21(43)27(28)34(29)49;1-3-2;1-2/h6-10,13-16,48-50H,5,11-12H2,1-4H3,(H,39,51);1-2H3;2H,1H3/i13D;;. The van der Waals surface area contributed by atoms with Gasteiger partial charge in [-0.1, -0.05) is 13.8 Å². The van der Waals surface area contributed by atoms with Crippen LogP contribution in [0.5, 0.6) is 23.0 Å². The number of methoxy groups -OCH3 is 2. The summed E-state index contributed by atoms with van der Waals surface area (Å²) < 4.78 is 18.3. The van der Waals surface area contributed by atoms with Crippen LogP contribution in [0.15, 0.2) is 54.3 Å². The highest BCUT2D eigenvalue weighted by molar-refractivity contribution is 6.26. The molecule has 5 N–H and O–H groups in total. The van der Waals surface area contributed by atoms with E-state index in [-0.39, 0.29) is 44.9 Å². The van der Waals surface area contributed by atoms with Gasteiger partial charge in [0, 0.05) is 60.5 Å². The Bertz CT molecular complexity index is 3030. The summed E-state index contributed by atoms with van der Waals surface area (Å²) in [4.78, 5) is 108. The molecule has 1 aromatic heterocycles. The summed E-state index contributed by atoms with van der Waals surface area (Å²) >= 11 is 0. The maximum atomic E-state index is 14.6. The second-order valence-corrected chi connectivity index (χ2v) is 13.6. The number of carbonyl (C=O) groups is 3. The fraction of sp³-hybridized carbons (Fsp3) is 0.317.